The number of halogens is 1. The zero-order chi connectivity index (χ0) is 19.9. The van der Waals surface area contributed by atoms with E-state index in [-0.39, 0.29) is 25.2 Å². The van der Waals surface area contributed by atoms with Gasteiger partial charge in [-0.2, -0.15) is 0 Å². The Labute approximate surface area is 170 Å². The molecule has 0 bridgehead atoms. The molecule has 1 aromatic heterocycles. The predicted octanol–water partition coefficient (Wildman–Crippen LogP) is 4.82. The highest BCUT2D eigenvalue weighted by atomic mass is 79.9. The maximum atomic E-state index is 12.4. The second-order valence-electron chi connectivity index (χ2n) is 5.94. The van der Waals surface area contributed by atoms with Gasteiger partial charge in [-0.3, -0.25) is 9.59 Å². The standard InChI is InChI=1S/C21H18BrNO5/c1-26-19-9-7-15(22)11-17(19)18(24)8-10-20(25)27-12-16-13-28-21(23-16)14-5-3-2-4-6-14/h2-7,9,11,13H,8,10,12H2,1H3. The molecule has 6 nitrogen and oxygen atoms in total. The number of ether oxygens (including phenoxy) is 2. The summed E-state index contributed by atoms with van der Waals surface area (Å²) in [6.07, 6.45) is 1.45. The third-order valence-electron chi connectivity index (χ3n) is 3.97. The number of rotatable bonds is 8. The number of benzene rings is 2. The van der Waals surface area contributed by atoms with Crippen LogP contribution in [0.3, 0.4) is 0 Å². The van der Waals surface area contributed by atoms with E-state index >= 15 is 0 Å². The second kappa shape index (κ2) is 9.32. The Balaban J connectivity index is 1.51. The molecule has 2 aromatic carbocycles. The van der Waals surface area contributed by atoms with Gasteiger partial charge < -0.3 is 13.9 Å². The minimum atomic E-state index is -0.480. The van der Waals surface area contributed by atoms with Crippen LogP contribution >= 0.6 is 15.9 Å². The van der Waals surface area contributed by atoms with Crippen LogP contribution in [0.4, 0.5) is 0 Å². The predicted molar refractivity (Wildman–Crippen MR) is 106 cm³/mol. The summed E-state index contributed by atoms with van der Waals surface area (Å²) < 4.78 is 16.5. The van der Waals surface area contributed by atoms with Gasteiger partial charge in [-0.25, -0.2) is 4.98 Å². The van der Waals surface area contributed by atoms with Crippen molar-refractivity contribution in [3.8, 4) is 17.2 Å². The molecule has 7 heteroatoms. The highest BCUT2D eigenvalue weighted by Crippen LogP contribution is 2.24. The SMILES string of the molecule is COc1ccc(Br)cc1C(=O)CCC(=O)OCc1coc(-c2ccccc2)n1. The Bertz CT molecular complexity index is 968. The summed E-state index contributed by atoms with van der Waals surface area (Å²) in [6.45, 7) is -0.0104. The molecule has 3 rings (SSSR count). The molecule has 0 saturated carbocycles. The van der Waals surface area contributed by atoms with Crippen molar-refractivity contribution in [3.05, 3.63) is 70.5 Å². The second-order valence-corrected chi connectivity index (χ2v) is 6.85. The van der Waals surface area contributed by atoms with Gasteiger partial charge in [-0.15, -0.1) is 0 Å². The molecule has 0 aliphatic heterocycles. The number of hydrogen-bond donors (Lipinski definition) is 0. The van der Waals surface area contributed by atoms with Crippen molar-refractivity contribution >= 4 is 27.7 Å². The summed E-state index contributed by atoms with van der Waals surface area (Å²) >= 11 is 3.33. The number of nitrogens with zero attached hydrogens (tertiary/aromatic N) is 1. The number of carbonyl (C=O) groups excluding carboxylic acids is 2. The van der Waals surface area contributed by atoms with E-state index in [9.17, 15) is 9.59 Å². The molecule has 0 radical (unpaired) electrons. The van der Waals surface area contributed by atoms with Gasteiger partial charge in [-0.05, 0) is 30.3 Å². The monoisotopic (exact) mass is 443 g/mol. The van der Waals surface area contributed by atoms with Crippen molar-refractivity contribution in [3.63, 3.8) is 0 Å². The first kappa shape index (κ1) is 19.8. The zero-order valence-corrected chi connectivity index (χ0v) is 16.8. The summed E-state index contributed by atoms with van der Waals surface area (Å²) in [5.41, 5.74) is 1.77. The quantitative estimate of drug-likeness (QED) is 0.366. The van der Waals surface area contributed by atoms with Crippen LogP contribution in [-0.2, 0) is 16.1 Å². The normalized spacial score (nSPS) is 10.5. The fourth-order valence-corrected chi connectivity index (χ4v) is 2.92. The van der Waals surface area contributed by atoms with Crippen LogP contribution < -0.4 is 4.74 Å². The number of hydrogen-bond acceptors (Lipinski definition) is 6. The highest BCUT2D eigenvalue weighted by molar-refractivity contribution is 9.10. The zero-order valence-electron chi connectivity index (χ0n) is 15.2. The van der Waals surface area contributed by atoms with Crippen LogP contribution in [0.2, 0.25) is 0 Å². The summed E-state index contributed by atoms with van der Waals surface area (Å²) in [5, 5.41) is 0. The number of Topliss-reactive ketones (excluding diaryl/α,β-unsaturated/α-hetero) is 1. The molecular formula is C21H18BrNO5. The molecule has 1 heterocycles. The van der Waals surface area contributed by atoms with E-state index < -0.39 is 5.97 Å². The van der Waals surface area contributed by atoms with Crippen molar-refractivity contribution in [1.29, 1.82) is 0 Å². The van der Waals surface area contributed by atoms with E-state index in [1.165, 1.54) is 13.4 Å². The van der Waals surface area contributed by atoms with Gasteiger partial charge in [0.2, 0.25) is 5.89 Å². The molecule has 0 unspecified atom stereocenters. The van der Waals surface area contributed by atoms with Crippen LogP contribution in [0.5, 0.6) is 5.75 Å². The minimum absolute atomic E-state index is 0.0104. The Hall–Kier alpha value is -2.93. The third-order valence-corrected chi connectivity index (χ3v) is 4.46. The number of esters is 1. The van der Waals surface area contributed by atoms with Crippen LogP contribution in [0.15, 0.2) is 63.7 Å². The summed E-state index contributed by atoms with van der Waals surface area (Å²) in [4.78, 5) is 28.7. The molecule has 28 heavy (non-hydrogen) atoms. The number of carbonyl (C=O) groups is 2. The van der Waals surface area contributed by atoms with Crippen molar-refractivity contribution in [2.45, 2.75) is 19.4 Å². The fourth-order valence-electron chi connectivity index (χ4n) is 2.56. The van der Waals surface area contributed by atoms with Crippen molar-refractivity contribution < 1.29 is 23.5 Å². The fraction of sp³-hybridized carbons (Fsp3) is 0.190. The first-order valence-corrected chi connectivity index (χ1v) is 9.38. The Morgan fingerprint density at radius 3 is 2.64 bits per heavy atom. The van der Waals surface area contributed by atoms with Crippen LogP contribution in [0.25, 0.3) is 11.5 Å². The number of aromatic nitrogens is 1. The van der Waals surface area contributed by atoms with Gasteiger partial charge in [0, 0.05) is 16.5 Å². The van der Waals surface area contributed by atoms with Crippen LogP contribution in [-0.4, -0.2) is 23.8 Å². The molecule has 0 fully saturated rings. The molecule has 0 atom stereocenters. The number of oxazole rings is 1. The first-order chi connectivity index (χ1) is 13.6. The highest BCUT2D eigenvalue weighted by Gasteiger charge is 2.16. The van der Waals surface area contributed by atoms with E-state index in [1.807, 2.05) is 30.3 Å². The lowest BCUT2D eigenvalue weighted by Gasteiger charge is -2.08. The Morgan fingerprint density at radius 1 is 1.11 bits per heavy atom. The molecule has 3 aromatic rings. The van der Waals surface area contributed by atoms with E-state index in [0.29, 0.717) is 22.9 Å². The molecule has 0 amide bonds. The molecular weight excluding hydrogens is 426 g/mol. The molecule has 0 saturated heterocycles. The number of ketones is 1. The summed E-state index contributed by atoms with van der Waals surface area (Å²) in [7, 11) is 1.50. The molecule has 144 valence electrons. The van der Waals surface area contributed by atoms with E-state index in [0.717, 1.165) is 10.0 Å². The lowest BCUT2D eigenvalue weighted by molar-refractivity contribution is -0.145. The first-order valence-electron chi connectivity index (χ1n) is 8.59. The maximum absolute atomic E-state index is 12.4. The molecule has 0 aliphatic rings. The topological polar surface area (TPSA) is 78.6 Å². The maximum Gasteiger partial charge on any atom is 0.306 e. The van der Waals surface area contributed by atoms with Crippen molar-refractivity contribution in [2.24, 2.45) is 0 Å². The van der Waals surface area contributed by atoms with Gasteiger partial charge in [0.1, 0.15) is 24.3 Å². The average Bonchev–Trinajstić information content (AvgIpc) is 3.20. The van der Waals surface area contributed by atoms with E-state index in [2.05, 4.69) is 20.9 Å². The Kier molecular flexibility index (Phi) is 6.60. The Morgan fingerprint density at radius 2 is 1.89 bits per heavy atom. The van der Waals surface area contributed by atoms with Gasteiger partial charge in [0.15, 0.2) is 5.78 Å². The van der Waals surface area contributed by atoms with Gasteiger partial charge in [0.25, 0.3) is 0 Å². The third kappa shape index (κ3) is 5.07. The molecule has 0 aliphatic carbocycles. The van der Waals surface area contributed by atoms with Crippen molar-refractivity contribution in [2.75, 3.05) is 7.11 Å². The molecule has 0 spiro atoms. The smallest absolute Gasteiger partial charge is 0.306 e. The van der Waals surface area contributed by atoms with Gasteiger partial charge in [0.05, 0.1) is 19.1 Å². The van der Waals surface area contributed by atoms with Crippen LogP contribution in [0.1, 0.15) is 28.9 Å². The minimum Gasteiger partial charge on any atom is -0.496 e. The van der Waals surface area contributed by atoms with E-state index in [1.54, 1.807) is 18.2 Å². The lowest BCUT2D eigenvalue weighted by atomic mass is 10.1. The van der Waals surface area contributed by atoms with Gasteiger partial charge >= 0.3 is 5.97 Å². The van der Waals surface area contributed by atoms with Crippen LogP contribution in [0, 0.1) is 0 Å². The largest absolute Gasteiger partial charge is 0.496 e. The van der Waals surface area contributed by atoms with Gasteiger partial charge in [-0.1, -0.05) is 34.1 Å². The van der Waals surface area contributed by atoms with Crippen molar-refractivity contribution in [1.82, 2.24) is 4.98 Å². The molecule has 0 N–H and O–H groups in total. The summed E-state index contributed by atoms with van der Waals surface area (Å²) in [6, 6.07) is 14.6. The summed E-state index contributed by atoms with van der Waals surface area (Å²) in [5.74, 6) is 0.260. The number of methoxy groups -OCH3 is 1. The lowest BCUT2D eigenvalue weighted by Crippen LogP contribution is -2.09. The average molecular weight is 444 g/mol. The van der Waals surface area contributed by atoms with E-state index in [4.69, 9.17) is 13.9 Å².